The van der Waals surface area contributed by atoms with Crippen molar-refractivity contribution in [2.45, 2.75) is 19.4 Å². The van der Waals surface area contributed by atoms with Crippen molar-refractivity contribution < 1.29 is 12.8 Å². The molecule has 0 saturated carbocycles. The van der Waals surface area contributed by atoms with Crippen LogP contribution >= 0.6 is 0 Å². The molecule has 108 valence electrons. The summed E-state index contributed by atoms with van der Waals surface area (Å²) in [4.78, 5) is 1.89. The van der Waals surface area contributed by atoms with Gasteiger partial charge < -0.3 is 10.6 Å². The zero-order valence-electron chi connectivity index (χ0n) is 11.3. The smallest absolute Gasteiger partial charge is 0.149 e. The van der Waals surface area contributed by atoms with Crippen LogP contribution in [-0.4, -0.2) is 39.6 Å². The summed E-state index contributed by atoms with van der Waals surface area (Å²) in [7, 11) is -3.08. The lowest BCUT2D eigenvalue weighted by Gasteiger charge is -2.31. The summed E-state index contributed by atoms with van der Waals surface area (Å²) in [5.41, 5.74) is 6.18. The number of rotatable bonds is 7. The Hall–Kier alpha value is -1.14. The highest BCUT2D eigenvalue weighted by Gasteiger charge is 2.19. The second-order valence-electron chi connectivity index (χ2n) is 4.76. The first kappa shape index (κ1) is 15.9. The Morgan fingerprint density at radius 3 is 2.63 bits per heavy atom. The summed E-state index contributed by atoms with van der Waals surface area (Å²) in [6.07, 6.45) is 1.93. The fourth-order valence-electron chi connectivity index (χ4n) is 2.05. The van der Waals surface area contributed by atoms with E-state index < -0.39 is 9.84 Å². The molecule has 2 N–H and O–H groups in total. The highest BCUT2D eigenvalue weighted by molar-refractivity contribution is 7.90. The van der Waals surface area contributed by atoms with E-state index in [0.29, 0.717) is 18.8 Å². The Labute approximate surface area is 114 Å². The monoisotopic (exact) mass is 288 g/mol. The van der Waals surface area contributed by atoms with E-state index in [-0.39, 0.29) is 17.6 Å². The lowest BCUT2D eigenvalue weighted by Crippen LogP contribution is -2.39. The van der Waals surface area contributed by atoms with Gasteiger partial charge in [0.05, 0.1) is 5.75 Å². The molecule has 6 heteroatoms. The van der Waals surface area contributed by atoms with Crippen molar-refractivity contribution in [3.63, 3.8) is 0 Å². The molecule has 4 nitrogen and oxygen atoms in total. The van der Waals surface area contributed by atoms with Gasteiger partial charge in [0, 0.05) is 24.5 Å². The summed E-state index contributed by atoms with van der Waals surface area (Å²) >= 11 is 0. The van der Waals surface area contributed by atoms with Gasteiger partial charge in [0.15, 0.2) is 0 Å². The maximum Gasteiger partial charge on any atom is 0.149 e. The highest BCUT2D eigenvalue weighted by atomic mass is 32.2. The van der Waals surface area contributed by atoms with E-state index in [1.165, 1.54) is 18.4 Å². The molecule has 0 aliphatic carbocycles. The lowest BCUT2D eigenvalue weighted by molar-refractivity contribution is 0.585. The molecule has 0 saturated heterocycles. The molecule has 1 unspecified atom stereocenters. The van der Waals surface area contributed by atoms with Gasteiger partial charge in [-0.2, -0.15) is 0 Å². The number of hydrogen-bond acceptors (Lipinski definition) is 4. The van der Waals surface area contributed by atoms with Crippen LogP contribution in [0, 0.1) is 5.82 Å². The molecule has 0 aromatic heterocycles. The van der Waals surface area contributed by atoms with E-state index in [2.05, 4.69) is 0 Å². The Morgan fingerprint density at radius 1 is 1.42 bits per heavy atom. The summed E-state index contributed by atoms with van der Waals surface area (Å²) in [5.74, 6) is -0.296. The van der Waals surface area contributed by atoms with Gasteiger partial charge in [0.1, 0.15) is 15.7 Å². The predicted molar refractivity (Wildman–Crippen MR) is 76.6 cm³/mol. The van der Waals surface area contributed by atoms with E-state index in [1.54, 1.807) is 12.1 Å². The quantitative estimate of drug-likeness (QED) is 0.824. The molecule has 0 amide bonds. The van der Waals surface area contributed by atoms with E-state index in [4.69, 9.17) is 5.73 Å². The van der Waals surface area contributed by atoms with Gasteiger partial charge in [-0.15, -0.1) is 0 Å². The van der Waals surface area contributed by atoms with Crippen molar-refractivity contribution >= 4 is 15.5 Å². The van der Waals surface area contributed by atoms with Crippen LogP contribution in [0.1, 0.15) is 13.3 Å². The first-order valence-electron chi connectivity index (χ1n) is 6.23. The molecule has 0 fully saturated rings. The summed E-state index contributed by atoms with van der Waals surface area (Å²) in [5, 5.41) is 0. The molecule has 0 aliphatic rings. The SMILES string of the molecule is CC(CS(C)(=O)=O)N(CCCN)c1cccc(F)c1. The minimum atomic E-state index is -3.08. The van der Waals surface area contributed by atoms with Crippen LogP contribution in [0.4, 0.5) is 10.1 Å². The molecule has 1 aromatic carbocycles. The van der Waals surface area contributed by atoms with Crippen molar-refractivity contribution in [2.24, 2.45) is 5.73 Å². The van der Waals surface area contributed by atoms with Crippen LogP contribution in [-0.2, 0) is 9.84 Å². The highest BCUT2D eigenvalue weighted by Crippen LogP contribution is 2.19. The van der Waals surface area contributed by atoms with Crippen molar-refractivity contribution in [2.75, 3.05) is 30.0 Å². The fraction of sp³-hybridized carbons (Fsp3) is 0.538. The average Bonchev–Trinajstić information content (AvgIpc) is 2.27. The second-order valence-corrected chi connectivity index (χ2v) is 6.94. The number of sulfone groups is 1. The third-order valence-corrected chi connectivity index (χ3v) is 3.91. The Balaban J connectivity index is 2.93. The molecule has 19 heavy (non-hydrogen) atoms. The first-order valence-corrected chi connectivity index (χ1v) is 8.29. The molecule has 0 radical (unpaired) electrons. The number of halogens is 1. The molecular formula is C13H21FN2O2S. The van der Waals surface area contributed by atoms with Crippen LogP contribution in [0.15, 0.2) is 24.3 Å². The molecule has 0 aliphatic heterocycles. The maximum absolute atomic E-state index is 13.3. The van der Waals surface area contributed by atoms with Crippen LogP contribution < -0.4 is 10.6 Å². The third kappa shape index (κ3) is 5.57. The number of benzene rings is 1. The summed E-state index contributed by atoms with van der Waals surface area (Å²) < 4.78 is 36.1. The lowest BCUT2D eigenvalue weighted by atomic mass is 10.2. The van der Waals surface area contributed by atoms with Gasteiger partial charge in [-0.05, 0) is 38.1 Å². The van der Waals surface area contributed by atoms with Crippen LogP contribution in [0.3, 0.4) is 0 Å². The van der Waals surface area contributed by atoms with Gasteiger partial charge in [0.25, 0.3) is 0 Å². The summed E-state index contributed by atoms with van der Waals surface area (Å²) in [6, 6.07) is 5.95. The second kappa shape index (κ2) is 6.86. The number of hydrogen-bond donors (Lipinski definition) is 1. The standard InChI is InChI=1S/C13H21FN2O2S/c1-11(10-19(2,17)18)16(8-4-7-15)13-6-3-5-12(14)9-13/h3,5-6,9,11H,4,7-8,10,15H2,1-2H3. The Morgan fingerprint density at radius 2 is 2.11 bits per heavy atom. The first-order chi connectivity index (χ1) is 8.83. The van der Waals surface area contributed by atoms with Gasteiger partial charge in [0.2, 0.25) is 0 Å². The molecule has 0 spiro atoms. The van der Waals surface area contributed by atoms with E-state index in [9.17, 15) is 12.8 Å². The molecule has 0 heterocycles. The van der Waals surface area contributed by atoms with E-state index in [1.807, 2.05) is 11.8 Å². The van der Waals surface area contributed by atoms with E-state index in [0.717, 1.165) is 6.42 Å². The topological polar surface area (TPSA) is 63.4 Å². The predicted octanol–water partition coefficient (Wildman–Crippen LogP) is 1.41. The number of nitrogens with two attached hydrogens (primary N) is 1. The normalized spacial score (nSPS) is 13.3. The Bertz CT molecular complexity index is 505. The van der Waals surface area contributed by atoms with Crippen molar-refractivity contribution in [1.29, 1.82) is 0 Å². The summed E-state index contributed by atoms with van der Waals surface area (Å²) in [6.45, 7) is 2.94. The Kier molecular flexibility index (Phi) is 5.75. The third-order valence-electron chi connectivity index (χ3n) is 2.82. The van der Waals surface area contributed by atoms with Crippen molar-refractivity contribution in [1.82, 2.24) is 0 Å². The largest absolute Gasteiger partial charge is 0.368 e. The van der Waals surface area contributed by atoms with Crippen LogP contribution in [0.25, 0.3) is 0 Å². The number of nitrogens with zero attached hydrogens (tertiary/aromatic N) is 1. The van der Waals surface area contributed by atoms with Gasteiger partial charge in [-0.3, -0.25) is 0 Å². The fourth-order valence-corrected chi connectivity index (χ4v) is 3.10. The maximum atomic E-state index is 13.3. The van der Waals surface area contributed by atoms with E-state index >= 15 is 0 Å². The van der Waals surface area contributed by atoms with Gasteiger partial charge in [-0.1, -0.05) is 6.07 Å². The number of anilines is 1. The van der Waals surface area contributed by atoms with Crippen molar-refractivity contribution in [3.05, 3.63) is 30.1 Å². The van der Waals surface area contributed by atoms with Crippen molar-refractivity contribution in [3.8, 4) is 0 Å². The molecular weight excluding hydrogens is 267 g/mol. The zero-order chi connectivity index (χ0) is 14.5. The zero-order valence-corrected chi connectivity index (χ0v) is 12.2. The molecule has 1 aromatic rings. The van der Waals surface area contributed by atoms with Gasteiger partial charge >= 0.3 is 0 Å². The molecule has 1 atom stereocenters. The van der Waals surface area contributed by atoms with Crippen LogP contribution in [0.2, 0.25) is 0 Å². The minimum absolute atomic E-state index is 0.0358. The molecule has 1 rings (SSSR count). The molecule has 0 bridgehead atoms. The van der Waals surface area contributed by atoms with Gasteiger partial charge in [-0.25, -0.2) is 12.8 Å². The van der Waals surface area contributed by atoms with Crippen LogP contribution in [0.5, 0.6) is 0 Å². The minimum Gasteiger partial charge on any atom is -0.368 e. The average molecular weight is 288 g/mol.